The first-order valence-electron chi connectivity index (χ1n) is 13.0. The number of benzene rings is 3. The third-order valence-electron chi connectivity index (χ3n) is 6.81. The maximum absolute atomic E-state index is 13.6. The summed E-state index contributed by atoms with van der Waals surface area (Å²) >= 11 is 1.32. The number of hydrogen-bond acceptors (Lipinski definition) is 8. The van der Waals surface area contributed by atoms with E-state index in [1.807, 2.05) is 25.1 Å². The number of ketones is 1. The number of nitrogens with zero attached hydrogens (tertiary/aromatic N) is 2. The molecule has 1 saturated heterocycles. The number of ether oxygens (including phenoxy) is 3. The molecule has 1 fully saturated rings. The first kappa shape index (κ1) is 27.2. The van der Waals surface area contributed by atoms with Crippen molar-refractivity contribution in [3.05, 3.63) is 82.9 Å². The Labute approximate surface area is 236 Å². The molecule has 9 heteroatoms. The number of anilines is 1. The summed E-state index contributed by atoms with van der Waals surface area (Å²) in [6.07, 6.45) is 1.88. The monoisotopic (exact) mass is 558 g/mol. The molecule has 206 valence electrons. The molecule has 1 aromatic heterocycles. The molecule has 1 aliphatic rings. The number of carbonyl (C=O) groups excluding carboxylic acids is 2. The van der Waals surface area contributed by atoms with Crippen LogP contribution in [0.2, 0.25) is 0 Å². The summed E-state index contributed by atoms with van der Waals surface area (Å²) < 4.78 is 17.6. The van der Waals surface area contributed by atoms with E-state index in [2.05, 4.69) is 6.92 Å². The average Bonchev–Trinajstić information content (AvgIpc) is 3.50. The molecule has 1 N–H and O–H groups in total. The van der Waals surface area contributed by atoms with E-state index in [0.717, 1.165) is 28.6 Å². The number of aromatic nitrogens is 1. The summed E-state index contributed by atoms with van der Waals surface area (Å²) in [6, 6.07) is 16.8. The van der Waals surface area contributed by atoms with Gasteiger partial charge in [0.2, 0.25) is 0 Å². The van der Waals surface area contributed by atoms with Crippen LogP contribution in [0.15, 0.2) is 66.2 Å². The topological polar surface area (TPSA) is 98.2 Å². The van der Waals surface area contributed by atoms with Crippen LogP contribution in [0, 0.1) is 6.92 Å². The highest BCUT2D eigenvalue weighted by Crippen LogP contribution is 2.46. The van der Waals surface area contributed by atoms with Crippen LogP contribution in [-0.4, -0.2) is 42.6 Å². The van der Waals surface area contributed by atoms with Gasteiger partial charge in [-0.2, -0.15) is 0 Å². The van der Waals surface area contributed by atoms with Gasteiger partial charge in [0.25, 0.3) is 5.78 Å². The van der Waals surface area contributed by atoms with Crippen molar-refractivity contribution in [2.75, 3.05) is 25.7 Å². The van der Waals surface area contributed by atoms with Crippen molar-refractivity contribution in [1.29, 1.82) is 0 Å². The zero-order valence-corrected chi connectivity index (χ0v) is 23.6. The molecule has 0 bridgehead atoms. The second-order valence-corrected chi connectivity index (χ2v) is 10.5. The normalized spacial score (nSPS) is 16.5. The number of aliphatic hydroxyl groups excluding tert-OH is 1. The fourth-order valence-electron chi connectivity index (χ4n) is 4.67. The Balaban J connectivity index is 1.68. The lowest BCUT2D eigenvalue weighted by Crippen LogP contribution is -2.29. The third-order valence-corrected chi connectivity index (χ3v) is 7.82. The number of carbonyl (C=O) groups is 2. The minimum absolute atomic E-state index is 0.0349. The number of aliphatic hydroxyl groups is 1. The van der Waals surface area contributed by atoms with Crippen LogP contribution < -0.4 is 19.1 Å². The fraction of sp³-hybridized carbons (Fsp3) is 0.258. The zero-order chi connectivity index (χ0) is 28.4. The van der Waals surface area contributed by atoms with Crippen molar-refractivity contribution >= 4 is 44.1 Å². The van der Waals surface area contributed by atoms with E-state index in [1.54, 1.807) is 49.6 Å². The van der Waals surface area contributed by atoms with Gasteiger partial charge in [0.1, 0.15) is 11.5 Å². The van der Waals surface area contributed by atoms with Gasteiger partial charge < -0.3 is 19.3 Å². The van der Waals surface area contributed by atoms with Crippen molar-refractivity contribution in [3.8, 4) is 17.2 Å². The van der Waals surface area contributed by atoms with Gasteiger partial charge in [-0.15, -0.1) is 0 Å². The minimum atomic E-state index is -0.942. The molecule has 0 radical (unpaired) electrons. The van der Waals surface area contributed by atoms with Gasteiger partial charge in [-0.25, -0.2) is 4.98 Å². The Morgan fingerprint density at radius 3 is 2.48 bits per heavy atom. The summed E-state index contributed by atoms with van der Waals surface area (Å²) in [5.74, 6) is -0.227. The van der Waals surface area contributed by atoms with E-state index in [4.69, 9.17) is 19.2 Å². The molecule has 1 aliphatic heterocycles. The van der Waals surface area contributed by atoms with Crippen molar-refractivity contribution < 1.29 is 28.9 Å². The second-order valence-electron chi connectivity index (χ2n) is 9.48. The molecule has 1 amide bonds. The van der Waals surface area contributed by atoms with Crippen LogP contribution in [-0.2, 0) is 9.59 Å². The predicted molar refractivity (Wildman–Crippen MR) is 156 cm³/mol. The lowest BCUT2D eigenvalue weighted by molar-refractivity contribution is -0.132. The summed E-state index contributed by atoms with van der Waals surface area (Å²) in [6.45, 7) is 4.60. The molecule has 0 spiro atoms. The maximum Gasteiger partial charge on any atom is 0.301 e. The first-order chi connectivity index (χ1) is 19.4. The van der Waals surface area contributed by atoms with Crippen LogP contribution in [0.3, 0.4) is 0 Å². The van der Waals surface area contributed by atoms with E-state index < -0.39 is 17.7 Å². The maximum atomic E-state index is 13.6. The molecular formula is C31H30N2O6S. The minimum Gasteiger partial charge on any atom is -0.507 e. The molecule has 0 aliphatic carbocycles. The van der Waals surface area contributed by atoms with Crippen molar-refractivity contribution in [2.24, 2.45) is 0 Å². The van der Waals surface area contributed by atoms with Crippen LogP contribution in [0.1, 0.15) is 42.5 Å². The zero-order valence-electron chi connectivity index (χ0n) is 22.8. The highest BCUT2D eigenvalue weighted by molar-refractivity contribution is 7.22. The number of methoxy groups -OCH3 is 2. The highest BCUT2D eigenvalue weighted by Gasteiger charge is 2.48. The summed E-state index contributed by atoms with van der Waals surface area (Å²) in [5.41, 5.74) is 2.70. The van der Waals surface area contributed by atoms with Crippen LogP contribution in [0.4, 0.5) is 5.13 Å². The molecular weight excluding hydrogens is 528 g/mol. The molecule has 1 unspecified atom stereocenters. The van der Waals surface area contributed by atoms with Gasteiger partial charge in [0, 0.05) is 5.56 Å². The summed E-state index contributed by atoms with van der Waals surface area (Å²) in [7, 11) is 3.08. The Morgan fingerprint density at radius 2 is 1.77 bits per heavy atom. The van der Waals surface area contributed by atoms with E-state index in [1.165, 1.54) is 23.3 Å². The standard InChI is InChI=1S/C31H30N2O6S/c1-5-6-15-39-23-14-10-20(17-24(23)38-4)27-26(28(34)19-8-11-21(37-3)12-9-19)29(35)30(36)33(27)31-32-22-13-7-18(2)16-25(22)40-31/h7-14,16-17,27,34H,5-6,15H2,1-4H3. The van der Waals surface area contributed by atoms with Crippen molar-refractivity contribution in [3.63, 3.8) is 0 Å². The number of thiazole rings is 1. The molecule has 5 rings (SSSR count). The van der Waals surface area contributed by atoms with E-state index >= 15 is 0 Å². The molecule has 0 saturated carbocycles. The number of fused-ring (bicyclic) bond motifs is 1. The van der Waals surface area contributed by atoms with Gasteiger partial charge >= 0.3 is 5.91 Å². The lowest BCUT2D eigenvalue weighted by atomic mass is 9.95. The molecule has 40 heavy (non-hydrogen) atoms. The van der Waals surface area contributed by atoms with Crippen molar-refractivity contribution in [2.45, 2.75) is 32.7 Å². The van der Waals surface area contributed by atoms with Gasteiger partial charge in [0.15, 0.2) is 16.6 Å². The number of aryl methyl sites for hydroxylation is 1. The molecule has 4 aromatic rings. The van der Waals surface area contributed by atoms with E-state index in [9.17, 15) is 14.7 Å². The number of amides is 1. The smallest absolute Gasteiger partial charge is 0.301 e. The number of Topliss-reactive ketones (excluding diaryl/α,β-unsaturated/α-hetero) is 1. The Bertz CT molecular complexity index is 1610. The molecule has 3 aromatic carbocycles. The quantitative estimate of drug-likeness (QED) is 0.109. The second kappa shape index (κ2) is 11.4. The van der Waals surface area contributed by atoms with Crippen molar-refractivity contribution in [1.82, 2.24) is 4.98 Å². The molecule has 1 atom stereocenters. The SMILES string of the molecule is CCCCOc1ccc(C2C(=C(O)c3ccc(OC)cc3)C(=O)C(=O)N2c2nc3ccc(C)cc3s2)cc1OC. The number of unbranched alkanes of at least 4 members (excludes halogenated alkanes) is 1. The van der Waals surface area contributed by atoms with E-state index in [-0.39, 0.29) is 11.3 Å². The highest BCUT2D eigenvalue weighted by atomic mass is 32.1. The van der Waals surface area contributed by atoms with Crippen LogP contribution >= 0.6 is 11.3 Å². The Kier molecular flexibility index (Phi) is 7.75. The average molecular weight is 559 g/mol. The predicted octanol–water partition coefficient (Wildman–Crippen LogP) is 6.43. The number of rotatable bonds is 9. The largest absolute Gasteiger partial charge is 0.507 e. The third kappa shape index (κ3) is 5.00. The van der Waals surface area contributed by atoms with Gasteiger partial charge in [-0.3, -0.25) is 14.5 Å². The van der Waals surface area contributed by atoms with Crippen LogP contribution in [0.25, 0.3) is 16.0 Å². The summed E-state index contributed by atoms with van der Waals surface area (Å²) in [5, 5.41) is 11.8. The Morgan fingerprint density at radius 1 is 1.00 bits per heavy atom. The lowest BCUT2D eigenvalue weighted by Gasteiger charge is -2.24. The van der Waals surface area contributed by atoms with Crippen LogP contribution in [0.5, 0.6) is 17.2 Å². The Hall–Kier alpha value is -4.37. The first-order valence-corrected chi connectivity index (χ1v) is 13.8. The number of hydrogen-bond donors (Lipinski definition) is 1. The summed E-state index contributed by atoms with van der Waals surface area (Å²) in [4.78, 5) is 33.2. The fourth-order valence-corrected chi connectivity index (χ4v) is 5.76. The molecule has 2 heterocycles. The van der Waals surface area contributed by atoms with Gasteiger partial charge in [-0.05, 0) is 73.0 Å². The van der Waals surface area contributed by atoms with E-state index in [0.29, 0.717) is 40.1 Å². The van der Waals surface area contributed by atoms with Gasteiger partial charge in [0.05, 0.1) is 42.7 Å². The molecule has 8 nitrogen and oxygen atoms in total. The van der Waals surface area contributed by atoms with Gasteiger partial charge in [-0.1, -0.05) is 36.8 Å².